The van der Waals surface area contributed by atoms with Gasteiger partial charge < -0.3 is 4.42 Å². The summed E-state index contributed by atoms with van der Waals surface area (Å²) in [5, 5.41) is 0. The fourth-order valence-corrected chi connectivity index (χ4v) is 3.56. The van der Waals surface area contributed by atoms with Gasteiger partial charge in [0.25, 0.3) is 0 Å². The quantitative estimate of drug-likeness (QED) is 0.487. The lowest BCUT2D eigenvalue weighted by molar-refractivity contribution is 0.573. The molecule has 0 bridgehead atoms. The van der Waals surface area contributed by atoms with Gasteiger partial charge in [-0.1, -0.05) is 59.7 Å². The van der Waals surface area contributed by atoms with Gasteiger partial charge in [-0.2, -0.15) is 0 Å². The molecule has 3 aromatic rings. The van der Waals surface area contributed by atoms with Crippen molar-refractivity contribution in [3.05, 3.63) is 78.8 Å². The number of aryl methyl sites for hydroxylation is 2. The minimum atomic E-state index is -0.123. The van der Waals surface area contributed by atoms with Gasteiger partial charge in [-0.3, -0.25) is 4.79 Å². The average molecular weight is 434 g/mol. The SMILES string of the molecule is Cc1ccc(-c2oc(-c3ccc(C)cc3)c(Br)c(=O)c2Br)cc1. The Morgan fingerprint density at radius 2 is 1.04 bits per heavy atom. The van der Waals surface area contributed by atoms with Crippen molar-refractivity contribution < 1.29 is 4.42 Å². The smallest absolute Gasteiger partial charge is 0.214 e. The lowest BCUT2D eigenvalue weighted by Gasteiger charge is -2.10. The van der Waals surface area contributed by atoms with Crippen LogP contribution in [0.25, 0.3) is 22.6 Å². The number of hydrogen-bond acceptors (Lipinski definition) is 2. The normalized spacial score (nSPS) is 10.8. The first-order valence-electron chi connectivity index (χ1n) is 7.13. The second kappa shape index (κ2) is 6.46. The van der Waals surface area contributed by atoms with E-state index in [-0.39, 0.29) is 5.43 Å². The van der Waals surface area contributed by atoms with Crippen LogP contribution in [0.2, 0.25) is 0 Å². The lowest BCUT2D eigenvalue weighted by Crippen LogP contribution is -2.06. The largest absolute Gasteiger partial charge is 0.453 e. The highest BCUT2D eigenvalue weighted by molar-refractivity contribution is 9.11. The van der Waals surface area contributed by atoms with E-state index < -0.39 is 0 Å². The Kier molecular flexibility index (Phi) is 4.55. The van der Waals surface area contributed by atoms with Crippen molar-refractivity contribution in [1.29, 1.82) is 0 Å². The zero-order valence-corrected chi connectivity index (χ0v) is 15.9. The maximum absolute atomic E-state index is 12.5. The summed E-state index contributed by atoms with van der Waals surface area (Å²) in [6, 6.07) is 15.8. The van der Waals surface area contributed by atoms with Crippen LogP contribution in [0.1, 0.15) is 11.1 Å². The fourth-order valence-electron chi connectivity index (χ4n) is 2.28. The molecule has 0 aliphatic rings. The molecule has 0 aliphatic heterocycles. The van der Waals surface area contributed by atoms with Gasteiger partial charge in [0.2, 0.25) is 5.43 Å². The maximum atomic E-state index is 12.5. The molecule has 0 aliphatic carbocycles. The Hall–Kier alpha value is -1.65. The monoisotopic (exact) mass is 432 g/mol. The van der Waals surface area contributed by atoms with Gasteiger partial charge in [0.05, 0.1) is 0 Å². The Bertz CT molecular complexity index is 835. The van der Waals surface area contributed by atoms with E-state index in [1.807, 2.05) is 62.4 Å². The van der Waals surface area contributed by atoms with Crippen LogP contribution in [0, 0.1) is 13.8 Å². The molecule has 1 aromatic heterocycles. The highest BCUT2D eigenvalue weighted by Gasteiger charge is 2.18. The molecule has 1 heterocycles. The van der Waals surface area contributed by atoms with E-state index in [2.05, 4.69) is 31.9 Å². The van der Waals surface area contributed by atoms with Crippen molar-refractivity contribution in [2.75, 3.05) is 0 Å². The van der Waals surface area contributed by atoms with Crippen molar-refractivity contribution in [2.45, 2.75) is 13.8 Å². The molecular formula is C19H14Br2O2. The summed E-state index contributed by atoms with van der Waals surface area (Å²) in [6.07, 6.45) is 0. The van der Waals surface area contributed by atoms with Crippen LogP contribution < -0.4 is 5.43 Å². The minimum absolute atomic E-state index is 0.123. The molecule has 0 spiro atoms. The molecule has 116 valence electrons. The highest BCUT2D eigenvalue weighted by atomic mass is 79.9. The first kappa shape index (κ1) is 16.2. The zero-order chi connectivity index (χ0) is 16.6. The predicted molar refractivity (Wildman–Crippen MR) is 101 cm³/mol. The number of halogens is 2. The Balaban J connectivity index is 2.24. The van der Waals surface area contributed by atoms with Crippen LogP contribution in [-0.4, -0.2) is 0 Å². The van der Waals surface area contributed by atoms with Gasteiger partial charge >= 0.3 is 0 Å². The van der Waals surface area contributed by atoms with Gasteiger partial charge in [-0.25, -0.2) is 0 Å². The molecule has 0 N–H and O–H groups in total. The Labute approximate surface area is 151 Å². The van der Waals surface area contributed by atoms with Gasteiger partial charge in [0, 0.05) is 11.1 Å². The summed E-state index contributed by atoms with van der Waals surface area (Å²) in [7, 11) is 0. The van der Waals surface area contributed by atoms with E-state index in [4.69, 9.17) is 4.42 Å². The minimum Gasteiger partial charge on any atom is -0.453 e. The van der Waals surface area contributed by atoms with Crippen molar-refractivity contribution in [1.82, 2.24) is 0 Å². The molecule has 0 saturated carbocycles. The summed E-state index contributed by atoms with van der Waals surface area (Å²) < 4.78 is 6.92. The Morgan fingerprint density at radius 1 is 0.696 bits per heavy atom. The summed E-state index contributed by atoms with van der Waals surface area (Å²) in [5.41, 5.74) is 3.91. The van der Waals surface area contributed by atoms with Crippen molar-refractivity contribution >= 4 is 31.9 Å². The zero-order valence-electron chi connectivity index (χ0n) is 12.7. The van der Waals surface area contributed by atoms with Gasteiger partial charge in [0.1, 0.15) is 8.95 Å². The molecule has 3 rings (SSSR count). The number of hydrogen-bond donors (Lipinski definition) is 0. The van der Waals surface area contributed by atoms with Crippen LogP contribution in [0.15, 0.2) is 66.7 Å². The molecule has 0 fully saturated rings. The van der Waals surface area contributed by atoms with E-state index in [1.165, 1.54) is 0 Å². The lowest BCUT2D eigenvalue weighted by atomic mass is 10.1. The van der Waals surface area contributed by atoms with Gasteiger partial charge in [0.15, 0.2) is 11.5 Å². The van der Waals surface area contributed by atoms with Crippen LogP contribution in [0.4, 0.5) is 0 Å². The second-order valence-corrected chi connectivity index (χ2v) is 7.04. The molecule has 2 aromatic carbocycles. The van der Waals surface area contributed by atoms with Crippen molar-refractivity contribution in [3.63, 3.8) is 0 Å². The van der Waals surface area contributed by atoms with Crippen molar-refractivity contribution in [2.24, 2.45) is 0 Å². The van der Waals surface area contributed by atoms with Crippen molar-refractivity contribution in [3.8, 4) is 22.6 Å². The maximum Gasteiger partial charge on any atom is 0.214 e. The summed E-state index contributed by atoms with van der Waals surface area (Å²) in [5.74, 6) is 1.07. The molecule has 23 heavy (non-hydrogen) atoms. The molecule has 0 amide bonds. The molecular weight excluding hydrogens is 420 g/mol. The molecule has 0 saturated heterocycles. The summed E-state index contributed by atoms with van der Waals surface area (Å²) in [4.78, 5) is 12.5. The second-order valence-electron chi connectivity index (χ2n) is 5.45. The van der Waals surface area contributed by atoms with E-state index in [1.54, 1.807) is 0 Å². The molecule has 0 radical (unpaired) electrons. The first-order valence-corrected chi connectivity index (χ1v) is 8.72. The first-order chi connectivity index (χ1) is 11.0. The van der Waals surface area contributed by atoms with Crippen LogP contribution in [0.5, 0.6) is 0 Å². The fraction of sp³-hybridized carbons (Fsp3) is 0.105. The third kappa shape index (κ3) is 3.19. The van der Waals surface area contributed by atoms with E-state index in [0.717, 1.165) is 22.3 Å². The van der Waals surface area contributed by atoms with E-state index >= 15 is 0 Å². The van der Waals surface area contributed by atoms with Gasteiger partial charge in [-0.15, -0.1) is 0 Å². The van der Waals surface area contributed by atoms with Gasteiger partial charge in [-0.05, 0) is 45.7 Å². The Morgan fingerprint density at radius 3 is 1.39 bits per heavy atom. The third-order valence-corrected chi connectivity index (χ3v) is 5.07. The summed E-state index contributed by atoms with van der Waals surface area (Å²) in [6.45, 7) is 4.04. The average Bonchev–Trinajstić information content (AvgIpc) is 2.55. The number of benzene rings is 2. The van der Waals surface area contributed by atoms with Crippen LogP contribution in [0.3, 0.4) is 0 Å². The number of rotatable bonds is 2. The molecule has 0 atom stereocenters. The van der Waals surface area contributed by atoms with Crippen LogP contribution >= 0.6 is 31.9 Å². The topological polar surface area (TPSA) is 30.2 Å². The molecule has 4 heteroatoms. The van der Waals surface area contributed by atoms with E-state index in [0.29, 0.717) is 20.5 Å². The third-order valence-electron chi connectivity index (χ3n) is 3.63. The molecule has 2 nitrogen and oxygen atoms in total. The van der Waals surface area contributed by atoms with E-state index in [9.17, 15) is 4.79 Å². The standard InChI is InChI=1S/C19H14Br2O2/c1-11-3-7-13(8-4-11)18-15(20)17(22)16(21)19(23-18)14-9-5-12(2)6-10-14/h3-10H,1-2H3. The predicted octanol–water partition coefficient (Wildman–Crippen LogP) is 6.12. The highest BCUT2D eigenvalue weighted by Crippen LogP contribution is 2.34. The summed E-state index contributed by atoms with van der Waals surface area (Å²) >= 11 is 6.74. The molecule has 0 unspecified atom stereocenters. The van der Waals surface area contributed by atoms with Crippen LogP contribution in [-0.2, 0) is 0 Å².